The normalized spacial score (nSPS) is 13.1. The molecule has 0 aromatic carbocycles. The van der Waals surface area contributed by atoms with E-state index in [0.717, 1.165) is 11.0 Å². The summed E-state index contributed by atoms with van der Waals surface area (Å²) in [4.78, 5) is 1.37. The number of hydrogen-bond acceptors (Lipinski definition) is 3. The fourth-order valence-corrected chi connectivity index (χ4v) is 3.87. The van der Waals surface area contributed by atoms with Gasteiger partial charge in [0.05, 0.1) is 3.79 Å². The van der Waals surface area contributed by atoms with Crippen LogP contribution in [0.15, 0.2) is 14.3 Å². The minimum absolute atomic E-state index is 0.595. The van der Waals surface area contributed by atoms with Crippen LogP contribution in [-0.4, -0.2) is 18.1 Å². The van der Waals surface area contributed by atoms with E-state index in [2.05, 4.69) is 56.4 Å². The van der Waals surface area contributed by atoms with Crippen LogP contribution in [-0.2, 0) is 6.54 Å². The second-order valence-electron chi connectivity index (χ2n) is 3.40. The predicted molar refractivity (Wildman–Crippen MR) is 79.0 cm³/mol. The highest BCUT2D eigenvalue weighted by Gasteiger charge is 2.05. The van der Waals surface area contributed by atoms with Gasteiger partial charge >= 0.3 is 0 Å². The van der Waals surface area contributed by atoms with Crippen LogP contribution < -0.4 is 5.32 Å². The molecule has 1 atom stereocenters. The third-order valence-corrected chi connectivity index (χ3v) is 5.98. The number of nitrogens with one attached hydrogen (secondary N) is 1. The summed E-state index contributed by atoms with van der Waals surface area (Å²) in [5.41, 5.74) is 0. The average Bonchev–Trinajstić information content (AvgIpc) is 2.52. The van der Waals surface area contributed by atoms with Gasteiger partial charge in [-0.2, -0.15) is 11.8 Å². The Bertz CT molecular complexity index is 282. The van der Waals surface area contributed by atoms with Crippen LogP contribution in [0.1, 0.15) is 18.2 Å². The van der Waals surface area contributed by atoms with E-state index >= 15 is 0 Å². The lowest BCUT2D eigenvalue weighted by molar-refractivity contribution is 0.540. The fourth-order valence-electron chi connectivity index (χ4n) is 1.15. The zero-order chi connectivity index (χ0) is 11.3. The van der Waals surface area contributed by atoms with Gasteiger partial charge in [-0.05, 0) is 63.3 Å². The average molecular weight is 373 g/mol. The maximum Gasteiger partial charge on any atom is 0.0843 e. The zero-order valence-electron chi connectivity index (χ0n) is 8.85. The van der Waals surface area contributed by atoms with Crippen molar-refractivity contribution in [2.45, 2.75) is 25.9 Å². The standard InChI is InChI=1S/C10H15Br2NS2/c1-7(3-4-14-2)13-6-8-5-9(11)10(12)15-8/h5,7,13H,3-4,6H2,1-2H3. The highest BCUT2D eigenvalue weighted by molar-refractivity contribution is 9.13. The van der Waals surface area contributed by atoms with Gasteiger partial charge in [0.25, 0.3) is 0 Å². The van der Waals surface area contributed by atoms with Crippen molar-refractivity contribution in [3.05, 3.63) is 19.2 Å². The van der Waals surface area contributed by atoms with Gasteiger partial charge in [-0.1, -0.05) is 0 Å². The summed E-state index contributed by atoms with van der Waals surface area (Å²) in [6.45, 7) is 3.21. The van der Waals surface area contributed by atoms with Crippen LogP contribution in [0.3, 0.4) is 0 Å². The molecule has 0 bridgehead atoms. The molecule has 0 saturated heterocycles. The van der Waals surface area contributed by atoms with Gasteiger partial charge in [-0.15, -0.1) is 11.3 Å². The molecule has 0 aliphatic heterocycles. The van der Waals surface area contributed by atoms with Gasteiger partial charge in [0, 0.05) is 21.9 Å². The van der Waals surface area contributed by atoms with Crippen molar-refractivity contribution in [3.8, 4) is 0 Å². The second kappa shape index (κ2) is 7.33. The van der Waals surface area contributed by atoms with Crippen molar-refractivity contribution in [1.29, 1.82) is 0 Å². The fraction of sp³-hybridized carbons (Fsp3) is 0.600. The first-order valence-electron chi connectivity index (χ1n) is 4.79. The highest BCUT2D eigenvalue weighted by Crippen LogP contribution is 2.32. The van der Waals surface area contributed by atoms with Gasteiger partial charge in [0.1, 0.15) is 0 Å². The summed E-state index contributed by atoms with van der Waals surface area (Å²) in [6.07, 6.45) is 3.38. The summed E-state index contributed by atoms with van der Waals surface area (Å²) in [5, 5.41) is 3.53. The van der Waals surface area contributed by atoms with E-state index in [4.69, 9.17) is 0 Å². The number of thiophene rings is 1. The monoisotopic (exact) mass is 371 g/mol. The summed E-state index contributed by atoms with van der Waals surface area (Å²) < 4.78 is 2.33. The largest absolute Gasteiger partial charge is 0.309 e. The van der Waals surface area contributed by atoms with Gasteiger partial charge in [0.2, 0.25) is 0 Å². The van der Waals surface area contributed by atoms with E-state index in [-0.39, 0.29) is 0 Å². The van der Waals surface area contributed by atoms with Gasteiger partial charge in [0.15, 0.2) is 0 Å². The first-order valence-corrected chi connectivity index (χ1v) is 8.59. The lowest BCUT2D eigenvalue weighted by atomic mass is 10.2. The third kappa shape index (κ3) is 5.22. The van der Waals surface area contributed by atoms with Crippen molar-refractivity contribution >= 4 is 55.0 Å². The molecular weight excluding hydrogens is 358 g/mol. The van der Waals surface area contributed by atoms with Gasteiger partial charge < -0.3 is 5.32 Å². The molecule has 0 aliphatic rings. The SMILES string of the molecule is CSCCC(C)NCc1cc(Br)c(Br)s1. The van der Waals surface area contributed by atoms with Crippen LogP contribution in [0.4, 0.5) is 0 Å². The minimum atomic E-state index is 0.595. The first kappa shape index (κ1) is 14.0. The Labute approximate surface area is 117 Å². The Kier molecular flexibility index (Phi) is 6.85. The first-order chi connectivity index (χ1) is 7.13. The number of thioether (sulfide) groups is 1. The molecule has 0 amide bonds. The predicted octanol–water partition coefficient (Wildman–Crippen LogP) is 4.50. The van der Waals surface area contributed by atoms with E-state index in [0.29, 0.717) is 6.04 Å². The van der Waals surface area contributed by atoms with E-state index in [1.807, 2.05) is 11.8 Å². The van der Waals surface area contributed by atoms with Crippen LogP contribution in [0.2, 0.25) is 0 Å². The molecule has 0 radical (unpaired) electrons. The molecule has 0 saturated carbocycles. The number of hydrogen-bond donors (Lipinski definition) is 1. The minimum Gasteiger partial charge on any atom is -0.309 e. The second-order valence-corrected chi connectivity index (χ2v) is 7.69. The van der Waals surface area contributed by atoms with Crippen LogP contribution in [0.5, 0.6) is 0 Å². The Hall–Kier alpha value is 0.970. The molecule has 1 nitrogen and oxygen atoms in total. The van der Waals surface area contributed by atoms with E-state index in [9.17, 15) is 0 Å². The summed E-state index contributed by atoms with van der Waals surface area (Å²) in [7, 11) is 0. The molecule has 1 rings (SSSR count). The lowest BCUT2D eigenvalue weighted by Gasteiger charge is -2.11. The Balaban J connectivity index is 2.30. The Morgan fingerprint density at radius 2 is 2.27 bits per heavy atom. The van der Waals surface area contributed by atoms with Crippen LogP contribution in [0, 0.1) is 0 Å². The van der Waals surface area contributed by atoms with Crippen molar-refractivity contribution < 1.29 is 0 Å². The summed E-state index contributed by atoms with van der Waals surface area (Å²) in [5.74, 6) is 1.23. The van der Waals surface area contributed by atoms with Crippen LogP contribution in [0.25, 0.3) is 0 Å². The Morgan fingerprint density at radius 3 is 2.80 bits per heavy atom. The lowest BCUT2D eigenvalue weighted by Crippen LogP contribution is -2.25. The molecule has 1 aromatic heterocycles. The Morgan fingerprint density at radius 1 is 1.53 bits per heavy atom. The maximum absolute atomic E-state index is 3.53. The smallest absolute Gasteiger partial charge is 0.0843 e. The number of halogens is 2. The molecular formula is C10H15Br2NS2. The highest BCUT2D eigenvalue weighted by atomic mass is 79.9. The molecule has 1 unspecified atom stereocenters. The van der Waals surface area contributed by atoms with Gasteiger partial charge in [-0.3, -0.25) is 0 Å². The summed E-state index contributed by atoms with van der Waals surface area (Å²) >= 11 is 10.7. The number of rotatable bonds is 6. The zero-order valence-corrected chi connectivity index (χ0v) is 13.7. The molecule has 1 aromatic rings. The molecule has 1 N–H and O–H groups in total. The van der Waals surface area contributed by atoms with E-state index in [1.165, 1.54) is 20.8 Å². The van der Waals surface area contributed by atoms with Crippen molar-refractivity contribution in [3.63, 3.8) is 0 Å². The molecule has 0 spiro atoms. The van der Waals surface area contributed by atoms with Crippen LogP contribution >= 0.6 is 55.0 Å². The maximum atomic E-state index is 3.53. The quantitative estimate of drug-likeness (QED) is 0.788. The molecule has 5 heteroatoms. The van der Waals surface area contributed by atoms with Crippen molar-refractivity contribution in [2.24, 2.45) is 0 Å². The topological polar surface area (TPSA) is 12.0 Å². The molecule has 15 heavy (non-hydrogen) atoms. The third-order valence-electron chi connectivity index (χ3n) is 2.08. The molecule has 0 aliphatic carbocycles. The van der Waals surface area contributed by atoms with E-state index < -0.39 is 0 Å². The van der Waals surface area contributed by atoms with Gasteiger partial charge in [-0.25, -0.2) is 0 Å². The molecule has 1 heterocycles. The molecule has 0 fully saturated rings. The van der Waals surface area contributed by atoms with Crippen molar-refractivity contribution in [1.82, 2.24) is 5.32 Å². The van der Waals surface area contributed by atoms with Crippen molar-refractivity contribution in [2.75, 3.05) is 12.0 Å². The molecule has 86 valence electrons. The summed E-state index contributed by atoms with van der Waals surface area (Å²) in [6, 6.07) is 2.76. The van der Waals surface area contributed by atoms with E-state index in [1.54, 1.807) is 11.3 Å².